The third-order valence-electron chi connectivity index (χ3n) is 3.84. The number of hydrogen-bond acceptors (Lipinski definition) is 4. The largest absolute Gasteiger partial charge is 0.493 e. The van der Waals surface area contributed by atoms with Crippen LogP contribution in [-0.4, -0.2) is 25.2 Å². The van der Waals surface area contributed by atoms with E-state index in [9.17, 15) is 4.79 Å². The molecular formula is C16H24N2O3. The summed E-state index contributed by atoms with van der Waals surface area (Å²) in [5.74, 6) is 1.08. The smallest absolute Gasteiger partial charge is 0.260 e. The van der Waals surface area contributed by atoms with Crippen LogP contribution in [-0.2, 0) is 11.3 Å². The lowest BCUT2D eigenvalue weighted by molar-refractivity contribution is -0.128. The van der Waals surface area contributed by atoms with Gasteiger partial charge in [0.1, 0.15) is 0 Å². The number of amides is 1. The molecule has 0 aliphatic heterocycles. The lowest BCUT2D eigenvalue weighted by atomic mass is 10.2. The lowest BCUT2D eigenvalue weighted by Gasteiger charge is -2.19. The summed E-state index contributed by atoms with van der Waals surface area (Å²) in [7, 11) is 1.58. The van der Waals surface area contributed by atoms with Crippen molar-refractivity contribution >= 4 is 5.91 Å². The highest BCUT2D eigenvalue weighted by atomic mass is 16.5. The number of carbonyl (C=O) groups excluding carboxylic acids is 1. The summed E-state index contributed by atoms with van der Waals surface area (Å²) >= 11 is 0. The molecular weight excluding hydrogens is 268 g/mol. The zero-order valence-corrected chi connectivity index (χ0v) is 12.7. The van der Waals surface area contributed by atoms with Crippen molar-refractivity contribution in [2.75, 3.05) is 7.11 Å². The van der Waals surface area contributed by atoms with Gasteiger partial charge in [-0.25, -0.2) is 0 Å². The summed E-state index contributed by atoms with van der Waals surface area (Å²) in [4.78, 5) is 12.1. The Labute approximate surface area is 125 Å². The minimum Gasteiger partial charge on any atom is -0.493 e. The van der Waals surface area contributed by atoms with Crippen LogP contribution < -0.4 is 20.5 Å². The number of methoxy groups -OCH3 is 1. The van der Waals surface area contributed by atoms with Gasteiger partial charge in [-0.1, -0.05) is 18.9 Å². The molecule has 116 valence electrons. The van der Waals surface area contributed by atoms with Crippen molar-refractivity contribution in [2.24, 2.45) is 5.73 Å². The Balaban J connectivity index is 1.97. The highest BCUT2D eigenvalue weighted by Gasteiger charge is 2.22. The third-order valence-corrected chi connectivity index (χ3v) is 3.84. The maximum absolute atomic E-state index is 12.1. The molecule has 0 heterocycles. The molecule has 0 saturated heterocycles. The van der Waals surface area contributed by atoms with Crippen molar-refractivity contribution in [1.29, 1.82) is 0 Å². The summed E-state index contributed by atoms with van der Waals surface area (Å²) in [5.41, 5.74) is 6.56. The quantitative estimate of drug-likeness (QED) is 0.841. The van der Waals surface area contributed by atoms with Crippen LogP contribution in [0.4, 0.5) is 0 Å². The van der Waals surface area contributed by atoms with Crippen LogP contribution in [0.15, 0.2) is 18.2 Å². The van der Waals surface area contributed by atoms with Gasteiger partial charge in [0.15, 0.2) is 17.6 Å². The monoisotopic (exact) mass is 292 g/mol. The van der Waals surface area contributed by atoms with E-state index in [1.54, 1.807) is 20.1 Å². The van der Waals surface area contributed by atoms with Gasteiger partial charge in [-0.3, -0.25) is 4.79 Å². The molecule has 1 aromatic rings. The molecule has 5 heteroatoms. The Hall–Kier alpha value is -1.75. The van der Waals surface area contributed by atoms with E-state index in [-0.39, 0.29) is 5.91 Å². The average molecular weight is 292 g/mol. The van der Waals surface area contributed by atoms with E-state index >= 15 is 0 Å². The molecule has 1 amide bonds. The summed E-state index contributed by atoms with van der Waals surface area (Å²) in [6.07, 6.45) is 3.95. The van der Waals surface area contributed by atoms with E-state index in [2.05, 4.69) is 5.32 Å². The molecule has 2 rings (SSSR count). The van der Waals surface area contributed by atoms with Crippen molar-refractivity contribution in [3.8, 4) is 11.5 Å². The second-order valence-electron chi connectivity index (χ2n) is 5.44. The SMILES string of the molecule is COc1cc(CN)ccc1OC(C)C(=O)NC1CCCC1. The standard InChI is InChI=1S/C16H24N2O3/c1-11(16(19)18-13-5-3-4-6-13)21-14-8-7-12(10-17)9-15(14)20-2/h7-9,11,13H,3-6,10,17H2,1-2H3,(H,18,19). The molecule has 3 N–H and O–H groups in total. The van der Waals surface area contributed by atoms with Crippen LogP contribution in [0.3, 0.4) is 0 Å². The van der Waals surface area contributed by atoms with Crippen molar-refractivity contribution in [3.63, 3.8) is 0 Å². The molecule has 0 spiro atoms. The first kappa shape index (κ1) is 15.6. The van der Waals surface area contributed by atoms with E-state index in [0.29, 0.717) is 24.1 Å². The topological polar surface area (TPSA) is 73.6 Å². The Bertz CT molecular complexity index is 484. The van der Waals surface area contributed by atoms with Gasteiger partial charge in [-0.15, -0.1) is 0 Å². The Morgan fingerprint density at radius 3 is 2.71 bits per heavy atom. The number of nitrogens with one attached hydrogen (secondary N) is 1. The maximum atomic E-state index is 12.1. The molecule has 0 radical (unpaired) electrons. The molecule has 1 fully saturated rings. The summed E-state index contributed by atoms with van der Waals surface area (Å²) in [5, 5.41) is 3.03. The molecule has 1 aliphatic rings. The predicted molar refractivity (Wildman–Crippen MR) is 81.4 cm³/mol. The van der Waals surface area contributed by atoms with E-state index < -0.39 is 6.10 Å². The number of carbonyl (C=O) groups is 1. The Morgan fingerprint density at radius 2 is 2.10 bits per heavy atom. The van der Waals surface area contributed by atoms with Crippen molar-refractivity contribution in [2.45, 2.75) is 51.3 Å². The summed E-state index contributed by atoms with van der Waals surface area (Å²) in [6, 6.07) is 5.79. The number of rotatable bonds is 6. The lowest BCUT2D eigenvalue weighted by Crippen LogP contribution is -2.41. The Kier molecular flexibility index (Phi) is 5.44. The first-order valence-electron chi connectivity index (χ1n) is 7.48. The highest BCUT2D eigenvalue weighted by Crippen LogP contribution is 2.29. The second-order valence-corrected chi connectivity index (χ2v) is 5.44. The predicted octanol–water partition coefficient (Wildman–Crippen LogP) is 1.98. The van der Waals surface area contributed by atoms with Crippen molar-refractivity contribution in [3.05, 3.63) is 23.8 Å². The zero-order chi connectivity index (χ0) is 15.2. The van der Waals surface area contributed by atoms with Crippen LogP contribution in [0.1, 0.15) is 38.2 Å². The molecule has 0 bridgehead atoms. The van der Waals surface area contributed by atoms with Crippen LogP contribution in [0.5, 0.6) is 11.5 Å². The molecule has 0 aromatic heterocycles. The summed E-state index contributed by atoms with van der Waals surface area (Å²) < 4.78 is 11.0. The highest BCUT2D eigenvalue weighted by molar-refractivity contribution is 5.81. The fourth-order valence-corrected chi connectivity index (χ4v) is 2.57. The molecule has 1 saturated carbocycles. The van der Waals surface area contributed by atoms with E-state index in [1.807, 2.05) is 12.1 Å². The van der Waals surface area contributed by atoms with Crippen LogP contribution in [0.25, 0.3) is 0 Å². The fourth-order valence-electron chi connectivity index (χ4n) is 2.57. The first-order valence-corrected chi connectivity index (χ1v) is 7.48. The molecule has 5 nitrogen and oxygen atoms in total. The van der Waals surface area contributed by atoms with Crippen LogP contribution in [0, 0.1) is 0 Å². The van der Waals surface area contributed by atoms with Crippen LogP contribution in [0.2, 0.25) is 0 Å². The van der Waals surface area contributed by atoms with E-state index in [4.69, 9.17) is 15.2 Å². The zero-order valence-electron chi connectivity index (χ0n) is 12.7. The maximum Gasteiger partial charge on any atom is 0.260 e. The normalized spacial score (nSPS) is 16.5. The molecule has 21 heavy (non-hydrogen) atoms. The minimum atomic E-state index is -0.553. The van der Waals surface area contributed by atoms with E-state index in [1.165, 1.54) is 12.8 Å². The second kappa shape index (κ2) is 7.31. The minimum absolute atomic E-state index is 0.0770. The Morgan fingerprint density at radius 1 is 1.38 bits per heavy atom. The van der Waals surface area contributed by atoms with Gasteiger partial charge in [-0.2, -0.15) is 0 Å². The average Bonchev–Trinajstić information content (AvgIpc) is 3.00. The van der Waals surface area contributed by atoms with Gasteiger partial charge in [-0.05, 0) is 37.5 Å². The van der Waals surface area contributed by atoms with Crippen molar-refractivity contribution < 1.29 is 14.3 Å². The summed E-state index contributed by atoms with van der Waals surface area (Å²) in [6.45, 7) is 2.19. The van der Waals surface area contributed by atoms with Gasteiger partial charge >= 0.3 is 0 Å². The first-order chi connectivity index (χ1) is 10.1. The van der Waals surface area contributed by atoms with Crippen molar-refractivity contribution in [1.82, 2.24) is 5.32 Å². The third kappa shape index (κ3) is 4.11. The number of ether oxygens (including phenoxy) is 2. The molecule has 1 unspecified atom stereocenters. The number of hydrogen-bond donors (Lipinski definition) is 2. The fraction of sp³-hybridized carbons (Fsp3) is 0.562. The van der Waals surface area contributed by atoms with Gasteiger partial charge < -0.3 is 20.5 Å². The molecule has 1 aliphatic carbocycles. The van der Waals surface area contributed by atoms with Crippen LogP contribution >= 0.6 is 0 Å². The number of nitrogens with two attached hydrogens (primary N) is 1. The van der Waals surface area contributed by atoms with Gasteiger partial charge in [0.25, 0.3) is 5.91 Å². The molecule has 1 aromatic carbocycles. The van der Waals surface area contributed by atoms with Gasteiger partial charge in [0, 0.05) is 12.6 Å². The van der Waals surface area contributed by atoms with Gasteiger partial charge in [0.2, 0.25) is 0 Å². The van der Waals surface area contributed by atoms with E-state index in [0.717, 1.165) is 18.4 Å². The number of benzene rings is 1. The van der Waals surface area contributed by atoms with Gasteiger partial charge in [0.05, 0.1) is 7.11 Å². The molecule has 1 atom stereocenters.